The van der Waals surface area contributed by atoms with Gasteiger partial charge in [-0.15, -0.1) is 0 Å². The van der Waals surface area contributed by atoms with Gasteiger partial charge in [0.15, 0.2) is 23.3 Å². The van der Waals surface area contributed by atoms with Crippen molar-refractivity contribution in [3.8, 4) is 89.0 Å². The molecular formula is C66H40F4. The summed E-state index contributed by atoms with van der Waals surface area (Å²) in [6.45, 7) is 0. The zero-order valence-corrected chi connectivity index (χ0v) is 37.6. The Morgan fingerprint density at radius 1 is 0.143 bits per heavy atom. The molecule has 0 aromatic heterocycles. The van der Waals surface area contributed by atoms with Gasteiger partial charge in [-0.05, 0) is 77.9 Å². The van der Waals surface area contributed by atoms with Crippen LogP contribution in [0.5, 0.6) is 0 Å². The molecule has 0 aliphatic heterocycles. The van der Waals surface area contributed by atoms with Crippen molar-refractivity contribution in [2.45, 2.75) is 0 Å². The number of fused-ring (bicyclic) bond motifs is 5. The minimum Gasteiger partial charge on any atom is -0.203 e. The predicted molar refractivity (Wildman–Crippen MR) is 282 cm³/mol. The molecule has 0 fully saturated rings. The van der Waals surface area contributed by atoms with Gasteiger partial charge in [0.25, 0.3) is 0 Å². The van der Waals surface area contributed by atoms with E-state index in [1.54, 1.807) is 0 Å². The molecule has 0 saturated heterocycles. The second-order valence-electron chi connectivity index (χ2n) is 17.4. The molecule has 0 heterocycles. The molecule has 0 bridgehead atoms. The van der Waals surface area contributed by atoms with Crippen LogP contribution in [0.3, 0.4) is 0 Å². The van der Waals surface area contributed by atoms with E-state index in [9.17, 15) is 0 Å². The first-order valence-electron chi connectivity index (χ1n) is 23.3. The lowest BCUT2D eigenvalue weighted by Crippen LogP contribution is -2.06. The third kappa shape index (κ3) is 6.83. The quantitative estimate of drug-likeness (QED) is 0.105. The molecule has 70 heavy (non-hydrogen) atoms. The summed E-state index contributed by atoms with van der Waals surface area (Å²) in [4.78, 5) is 0. The zero-order valence-electron chi connectivity index (χ0n) is 37.6. The van der Waals surface area contributed by atoms with Gasteiger partial charge in [0.2, 0.25) is 0 Å². The average molecular weight is 909 g/mol. The number of halogens is 4. The van der Waals surface area contributed by atoms with Crippen LogP contribution in [0.1, 0.15) is 0 Å². The Morgan fingerprint density at radius 3 is 0.471 bits per heavy atom. The maximum atomic E-state index is 18.9. The fraction of sp³-hybridized carbons (Fsp3) is 0. The van der Waals surface area contributed by atoms with Crippen molar-refractivity contribution < 1.29 is 17.6 Å². The number of rotatable bonds is 8. The summed E-state index contributed by atoms with van der Waals surface area (Å²) in [6.07, 6.45) is 0. The Balaban J connectivity index is 1.46. The molecule has 4 heteroatoms. The SMILES string of the molecule is Fc1c(F)c2c3c(-c4ccccc4)c(-c4ccccc4)c(-c4ccccc4)c(-c4ccccc4)c3c(F)c(F)c2c2c(-c3ccccc3)c(-c3ccccc3)c(-c3ccccc3)c(-c3ccccc3)c12. The lowest BCUT2D eigenvalue weighted by molar-refractivity contribution is 0.518. The van der Waals surface area contributed by atoms with Crippen LogP contribution in [0.15, 0.2) is 243 Å². The van der Waals surface area contributed by atoms with Crippen molar-refractivity contribution in [2.75, 3.05) is 0 Å². The normalized spacial score (nSPS) is 11.4. The summed E-state index contributed by atoms with van der Waals surface area (Å²) in [5.41, 5.74) is 9.56. The van der Waals surface area contributed by atoms with Gasteiger partial charge in [0.1, 0.15) is 0 Å². The highest BCUT2D eigenvalue weighted by Crippen LogP contribution is 2.58. The molecule has 0 aliphatic carbocycles. The third-order valence-corrected chi connectivity index (χ3v) is 13.5. The monoisotopic (exact) mass is 908 g/mol. The summed E-state index contributed by atoms with van der Waals surface area (Å²) in [5, 5.41) is -0.891. The van der Waals surface area contributed by atoms with Gasteiger partial charge in [-0.3, -0.25) is 0 Å². The van der Waals surface area contributed by atoms with Crippen LogP contribution in [0.4, 0.5) is 17.6 Å². The van der Waals surface area contributed by atoms with Crippen molar-refractivity contribution in [2.24, 2.45) is 0 Å². The van der Waals surface area contributed by atoms with Gasteiger partial charge in [-0.25, -0.2) is 17.6 Å². The van der Waals surface area contributed by atoms with Gasteiger partial charge in [0.05, 0.1) is 0 Å². The van der Waals surface area contributed by atoms with E-state index in [1.165, 1.54) is 0 Å². The second kappa shape index (κ2) is 17.7. The van der Waals surface area contributed by atoms with Crippen LogP contribution >= 0.6 is 0 Å². The van der Waals surface area contributed by atoms with Gasteiger partial charge in [0, 0.05) is 43.4 Å². The summed E-state index contributed by atoms with van der Waals surface area (Å²) in [7, 11) is 0. The summed E-state index contributed by atoms with van der Waals surface area (Å²) in [6, 6.07) is 76.0. The van der Waals surface area contributed by atoms with E-state index in [0.717, 1.165) is 22.3 Å². The fourth-order valence-corrected chi connectivity index (χ4v) is 10.7. The van der Waals surface area contributed by atoms with Gasteiger partial charge in [-0.2, -0.15) is 0 Å². The molecule has 0 spiro atoms. The van der Waals surface area contributed by atoms with Gasteiger partial charge < -0.3 is 0 Å². The van der Waals surface area contributed by atoms with E-state index in [2.05, 4.69) is 0 Å². The van der Waals surface area contributed by atoms with Crippen molar-refractivity contribution in [3.63, 3.8) is 0 Å². The second-order valence-corrected chi connectivity index (χ2v) is 17.4. The minimum atomic E-state index is -1.28. The molecular weight excluding hydrogens is 869 g/mol. The molecule has 332 valence electrons. The smallest absolute Gasteiger partial charge is 0.168 e. The van der Waals surface area contributed by atoms with E-state index in [1.807, 2.05) is 243 Å². The average Bonchev–Trinajstić information content (AvgIpc) is 3.44. The van der Waals surface area contributed by atoms with E-state index >= 15 is 17.6 Å². The van der Waals surface area contributed by atoms with Gasteiger partial charge in [-0.1, -0.05) is 243 Å². The number of hydrogen-bond donors (Lipinski definition) is 0. The molecule has 12 rings (SSSR count). The van der Waals surface area contributed by atoms with Crippen LogP contribution in [0.25, 0.3) is 121 Å². The third-order valence-electron chi connectivity index (χ3n) is 13.5. The van der Waals surface area contributed by atoms with Crippen molar-refractivity contribution in [1.82, 2.24) is 0 Å². The van der Waals surface area contributed by atoms with Crippen LogP contribution in [-0.4, -0.2) is 0 Å². The molecule has 0 aliphatic rings. The standard InChI is InChI=1S/C66H40F4/c67-63-59-55(47-37-21-7-22-38-47)51(43-29-13-3-14-30-43)49(41-25-9-1-10-26-41)53(45-33-17-5-18-34-45)57(59)61-62(66(63)70)58-54(46-35-19-6-20-36-46)50(42-27-11-2-12-28-42)52(44-31-15-4-16-32-44)56(48-39-23-8-24-40-48)60(58)64(68)65(61)69/h1-40H. The fourth-order valence-electron chi connectivity index (χ4n) is 10.7. The summed E-state index contributed by atoms with van der Waals surface area (Å²) < 4.78 is 75.6. The van der Waals surface area contributed by atoms with Gasteiger partial charge >= 0.3 is 0 Å². The Labute approximate surface area is 403 Å². The summed E-state index contributed by atoms with van der Waals surface area (Å²) >= 11 is 0. The molecule has 0 amide bonds. The molecule has 12 aromatic rings. The molecule has 0 radical (unpaired) electrons. The zero-order chi connectivity index (χ0) is 47.3. The lowest BCUT2D eigenvalue weighted by atomic mass is 9.75. The minimum absolute atomic E-state index is 0.0597. The van der Waals surface area contributed by atoms with Crippen LogP contribution in [0.2, 0.25) is 0 Å². The predicted octanol–water partition coefficient (Wildman–Crippen LogP) is 19.0. The van der Waals surface area contributed by atoms with E-state index in [0.29, 0.717) is 66.8 Å². The van der Waals surface area contributed by atoms with Crippen LogP contribution in [-0.2, 0) is 0 Å². The topological polar surface area (TPSA) is 0 Å². The highest BCUT2D eigenvalue weighted by atomic mass is 19.2. The molecule has 0 unspecified atom stereocenters. The van der Waals surface area contributed by atoms with E-state index < -0.39 is 23.3 Å². The van der Waals surface area contributed by atoms with E-state index in [4.69, 9.17) is 0 Å². The first-order chi connectivity index (χ1) is 34.5. The van der Waals surface area contributed by atoms with Crippen LogP contribution < -0.4 is 0 Å². The highest BCUT2D eigenvalue weighted by Gasteiger charge is 2.35. The molecule has 0 nitrogen and oxygen atoms in total. The molecule has 0 saturated carbocycles. The van der Waals surface area contributed by atoms with Crippen molar-refractivity contribution in [1.29, 1.82) is 0 Å². The van der Waals surface area contributed by atoms with E-state index in [-0.39, 0.29) is 32.3 Å². The number of hydrogen-bond acceptors (Lipinski definition) is 0. The largest absolute Gasteiger partial charge is 0.203 e. The maximum Gasteiger partial charge on any atom is 0.168 e. The summed E-state index contributed by atoms with van der Waals surface area (Å²) in [5.74, 6) is -4.90. The lowest BCUT2D eigenvalue weighted by Gasteiger charge is -2.28. The van der Waals surface area contributed by atoms with Crippen molar-refractivity contribution >= 4 is 32.3 Å². The highest BCUT2D eigenvalue weighted by molar-refractivity contribution is 6.33. The Kier molecular flexibility index (Phi) is 10.7. The molecule has 12 aromatic carbocycles. The van der Waals surface area contributed by atoms with Crippen molar-refractivity contribution in [3.05, 3.63) is 266 Å². The molecule has 0 atom stereocenters. The maximum absolute atomic E-state index is 18.9. The number of benzene rings is 12. The van der Waals surface area contributed by atoms with Crippen LogP contribution in [0, 0.1) is 23.3 Å². The Hall–Kier alpha value is -8.86. The first kappa shape index (κ1) is 42.5. The molecule has 0 N–H and O–H groups in total. The Bertz CT molecular complexity index is 3640. The Morgan fingerprint density at radius 2 is 0.286 bits per heavy atom. The first-order valence-corrected chi connectivity index (χ1v) is 23.3.